The zero-order valence-corrected chi connectivity index (χ0v) is 17.7. The maximum Gasteiger partial charge on any atom is 0.142 e. The van der Waals surface area contributed by atoms with Gasteiger partial charge in [-0.25, -0.2) is 4.39 Å². The molecule has 0 radical (unpaired) electrons. The van der Waals surface area contributed by atoms with E-state index in [0.29, 0.717) is 17.8 Å². The Hall–Kier alpha value is -2.12. The van der Waals surface area contributed by atoms with E-state index >= 15 is 0 Å². The lowest BCUT2D eigenvalue weighted by atomic mass is 9.76. The van der Waals surface area contributed by atoms with Crippen LogP contribution in [-0.4, -0.2) is 0 Å². The molecule has 29 heavy (non-hydrogen) atoms. The Morgan fingerprint density at radius 1 is 0.828 bits per heavy atom. The minimum Gasteiger partial charge on any atom is -0.205 e. The Kier molecular flexibility index (Phi) is 6.35. The SMILES string of the molecule is C[C@@H](Cc1ccc(C2CCC(c3ccc(Cl)c(F)c3)CC2)cc1)c1ccccc1. The minimum absolute atomic E-state index is 0.212. The molecule has 150 valence electrons. The van der Waals surface area contributed by atoms with Gasteiger partial charge in [0.2, 0.25) is 0 Å². The Morgan fingerprint density at radius 3 is 2.03 bits per heavy atom. The molecule has 0 unspecified atom stereocenters. The number of hydrogen-bond acceptors (Lipinski definition) is 0. The van der Waals surface area contributed by atoms with Crippen LogP contribution in [0.15, 0.2) is 72.8 Å². The van der Waals surface area contributed by atoms with Crippen LogP contribution in [0.4, 0.5) is 4.39 Å². The van der Waals surface area contributed by atoms with Crippen molar-refractivity contribution in [3.63, 3.8) is 0 Å². The molecule has 0 saturated heterocycles. The van der Waals surface area contributed by atoms with Crippen LogP contribution in [0.3, 0.4) is 0 Å². The van der Waals surface area contributed by atoms with Gasteiger partial charge in [0, 0.05) is 0 Å². The van der Waals surface area contributed by atoms with Crippen LogP contribution >= 0.6 is 11.6 Å². The van der Waals surface area contributed by atoms with Crippen molar-refractivity contribution in [3.8, 4) is 0 Å². The third-order valence-corrected chi connectivity index (χ3v) is 6.81. The van der Waals surface area contributed by atoms with Crippen LogP contribution in [0.5, 0.6) is 0 Å². The predicted molar refractivity (Wildman–Crippen MR) is 120 cm³/mol. The van der Waals surface area contributed by atoms with Crippen LogP contribution in [0.25, 0.3) is 0 Å². The highest BCUT2D eigenvalue weighted by Crippen LogP contribution is 2.41. The summed E-state index contributed by atoms with van der Waals surface area (Å²) in [5.74, 6) is 1.29. The second-order valence-corrected chi connectivity index (χ2v) is 8.89. The van der Waals surface area contributed by atoms with Crippen LogP contribution in [0.2, 0.25) is 5.02 Å². The highest BCUT2D eigenvalue weighted by atomic mass is 35.5. The van der Waals surface area contributed by atoms with E-state index in [1.54, 1.807) is 12.1 Å². The standard InChI is InChI=1S/C27H28ClF/c1-19(21-5-3-2-4-6-21)17-20-7-9-22(10-8-20)23-11-13-24(14-12-23)25-15-16-26(28)27(29)18-25/h2-10,15-16,18-19,23-24H,11-14,17H2,1H3/t19-,23?,24?/m0/s1. The summed E-state index contributed by atoms with van der Waals surface area (Å²) in [4.78, 5) is 0. The zero-order valence-electron chi connectivity index (χ0n) is 17.0. The van der Waals surface area contributed by atoms with Crippen LogP contribution in [0, 0.1) is 5.82 Å². The van der Waals surface area contributed by atoms with E-state index in [1.807, 2.05) is 6.07 Å². The molecule has 1 fully saturated rings. The molecule has 1 aliphatic carbocycles. The highest BCUT2D eigenvalue weighted by Gasteiger charge is 2.24. The molecule has 0 heterocycles. The van der Waals surface area contributed by atoms with Crippen molar-refractivity contribution in [1.29, 1.82) is 0 Å². The molecular formula is C27H28ClF. The topological polar surface area (TPSA) is 0 Å². The van der Waals surface area contributed by atoms with Gasteiger partial charge < -0.3 is 0 Å². The lowest BCUT2D eigenvalue weighted by molar-refractivity contribution is 0.395. The third kappa shape index (κ3) is 4.90. The molecule has 0 bridgehead atoms. The summed E-state index contributed by atoms with van der Waals surface area (Å²) < 4.78 is 13.8. The monoisotopic (exact) mass is 406 g/mol. The second-order valence-electron chi connectivity index (χ2n) is 8.48. The average Bonchev–Trinajstić information content (AvgIpc) is 2.77. The first-order chi connectivity index (χ1) is 14.1. The summed E-state index contributed by atoms with van der Waals surface area (Å²) in [7, 11) is 0. The lowest BCUT2D eigenvalue weighted by Crippen LogP contribution is -2.12. The Morgan fingerprint density at radius 2 is 1.41 bits per heavy atom. The van der Waals surface area contributed by atoms with Gasteiger partial charge in [0.05, 0.1) is 5.02 Å². The first-order valence-electron chi connectivity index (χ1n) is 10.7. The van der Waals surface area contributed by atoms with Crippen molar-refractivity contribution in [1.82, 2.24) is 0 Å². The van der Waals surface area contributed by atoms with Crippen molar-refractivity contribution < 1.29 is 4.39 Å². The molecule has 0 aliphatic heterocycles. The van der Waals surface area contributed by atoms with Crippen molar-refractivity contribution in [3.05, 3.63) is 106 Å². The molecule has 4 rings (SSSR count). The largest absolute Gasteiger partial charge is 0.205 e. The van der Waals surface area contributed by atoms with Gasteiger partial charge in [0.1, 0.15) is 5.82 Å². The van der Waals surface area contributed by atoms with E-state index in [-0.39, 0.29) is 10.8 Å². The molecule has 2 heteroatoms. The summed E-state index contributed by atoms with van der Waals surface area (Å²) in [6, 6.07) is 25.3. The molecule has 0 N–H and O–H groups in total. The number of rotatable bonds is 5. The maximum atomic E-state index is 13.8. The van der Waals surface area contributed by atoms with E-state index in [1.165, 1.54) is 16.7 Å². The van der Waals surface area contributed by atoms with Gasteiger partial charge in [0.15, 0.2) is 0 Å². The summed E-state index contributed by atoms with van der Waals surface area (Å²) in [6.45, 7) is 2.30. The fourth-order valence-corrected chi connectivity index (χ4v) is 4.82. The van der Waals surface area contributed by atoms with Crippen molar-refractivity contribution in [2.45, 2.75) is 56.8 Å². The van der Waals surface area contributed by atoms with Crippen LogP contribution < -0.4 is 0 Å². The normalized spacial score (nSPS) is 20.4. The first kappa shape index (κ1) is 20.2. The Bertz CT molecular complexity index is 925. The Balaban J connectivity index is 1.35. The second kappa shape index (κ2) is 9.13. The van der Waals surface area contributed by atoms with Gasteiger partial charge in [-0.1, -0.05) is 79.2 Å². The molecule has 0 nitrogen and oxygen atoms in total. The summed E-state index contributed by atoms with van der Waals surface area (Å²) in [5, 5.41) is 0.212. The number of halogens is 2. The lowest BCUT2D eigenvalue weighted by Gasteiger charge is -2.29. The first-order valence-corrected chi connectivity index (χ1v) is 11.1. The van der Waals surface area contributed by atoms with Gasteiger partial charge in [-0.3, -0.25) is 0 Å². The summed E-state index contributed by atoms with van der Waals surface area (Å²) in [6.07, 6.45) is 5.61. The maximum absolute atomic E-state index is 13.8. The molecule has 1 saturated carbocycles. The fraction of sp³-hybridized carbons (Fsp3) is 0.333. The average molecular weight is 407 g/mol. The fourth-order valence-electron chi connectivity index (χ4n) is 4.71. The molecular weight excluding hydrogens is 379 g/mol. The molecule has 0 amide bonds. The molecule has 0 spiro atoms. The quantitative estimate of drug-likeness (QED) is 0.400. The molecule has 0 aromatic heterocycles. The van der Waals surface area contributed by atoms with Gasteiger partial charge in [-0.2, -0.15) is 0 Å². The summed E-state index contributed by atoms with van der Waals surface area (Å²) in [5.41, 5.74) is 5.33. The third-order valence-electron chi connectivity index (χ3n) is 6.50. The summed E-state index contributed by atoms with van der Waals surface area (Å²) >= 11 is 5.83. The van der Waals surface area contributed by atoms with Crippen molar-refractivity contribution >= 4 is 11.6 Å². The van der Waals surface area contributed by atoms with Gasteiger partial charge >= 0.3 is 0 Å². The predicted octanol–water partition coefficient (Wildman–Crippen LogP) is 8.27. The number of hydrogen-bond donors (Lipinski definition) is 0. The van der Waals surface area contributed by atoms with E-state index in [9.17, 15) is 4.39 Å². The molecule has 3 aromatic rings. The van der Waals surface area contributed by atoms with E-state index < -0.39 is 0 Å². The molecule has 1 atom stereocenters. The van der Waals surface area contributed by atoms with Gasteiger partial charge in [0.25, 0.3) is 0 Å². The van der Waals surface area contributed by atoms with Crippen molar-refractivity contribution in [2.75, 3.05) is 0 Å². The number of benzene rings is 3. The van der Waals surface area contributed by atoms with Gasteiger partial charge in [-0.05, 0) is 84.2 Å². The van der Waals surface area contributed by atoms with E-state index in [2.05, 4.69) is 61.5 Å². The van der Waals surface area contributed by atoms with Crippen LogP contribution in [-0.2, 0) is 6.42 Å². The van der Waals surface area contributed by atoms with E-state index in [4.69, 9.17) is 11.6 Å². The van der Waals surface area contributed by atoms with E-state index in [0.717, 1.165) is 37.7 Å². The Labute approximate surface area is 178 Å². The van der Waals surface area contributed by atoms with Crippen molar-refractivity contribution in [2.24, 2.45) is 0 Å². The smallest absolute Gasteiger partial charge is 0.142 e. The van der Waals surface area contributed by atoms with Crippen LogP contribution in [0.1, 0.15) is 72.6 Å². The van der Waals surface area contributed by atoms with Gasteiger partial charge in [-0.15, -0.1) is 0 Å². The molecule has 3 aromatic carbocycles. The zero-order chi connectivity index (χ0) is 20.2. The highest BCUT2D eigenvalue weighted by molar-refractivity contribution is 6.30. The minimum atomic E-state index is -0.299. The molecule has 1 aliphatic rings.